The first kappa shape index (κ1) is 35.9. The summed E-state index contributed by atoms with van der Waals surface area (Å²) in [5.41, 5.74) is 19.4. The SMILES string of the molecule is c1cc(-c2cc3c(c4ccccc24)-c2ccc4ccccc4c2C32c3ccccc3-c3ccccc32)cc(-c2c3ccccc3c(-c3ccc4oc5ccccc5c4c3)c3ccccc23)c1. The van der Waals surface area contributed by atoms with E-state index < -0.39 is 5.41 Å². The van der Waals surface area contributed by atoms with E-state index in [4.69, 9.17) is 4.42 Å². The van der Waals surface area contributed by atoms with Gasteiger partial charge in [0.05, 0.1) is 5.41 Å². The minimum Gasteiger partial charge on any atom is -0.456 e. The lowest BCUT2D eigenvalue weighted by atomic mass is 9.69. The minimum atomic E-state index is -0.497. The van der Waals surface area contributed by atoms with Crippen molar-refractivity contribution in [2.75, 3.05) is 0 Å². The summed E-state index contributed by atoms with van der Waals surface area (Å²) in [6.07, 6.45) is 0. The summed E-state index contributed by atoms with van der Waals surface area (Å²) in [5.74, 6) is 0. The van der Waals surface area contributed by atoms with Crippen LogP contribution < -0.4 is 0 Å². The van der Waals surface area contributed by atoms with Crippen molar-refractivity contribution in [1.82, 2.24) is 0 Å². The fourth-order valence-corrected chi connectivity index (χ4v) is 12.5. The van der Waals surface area contributed by atoms with Crippen LogP contribution in [0.4, 0.5) is 0 Å². The number of rotatable bonds is 3. The van der Waals surface area contributed by atoms with Gasteiger partial charge in [-0.3, -0.25) is 0 Å². The third-order valence-corrected chi connectivity index (χ3v) is 15.0. The van der Waals surface area contributed by atoms with Gasteiger partial charge in [0.15, 0.2) is 0 Å². The van der Waals surface area contributed by atoms with Crippen molar-refractivity contribution in [2.24, 2.45) is 0 Å². The quantitative estimate of drug-likeness (QED) is 0.162. The van der Waals surface area contributed by atoms with Crippen molar-refractivity contribution < 1.29 is 4.42 Å². The molecule has 0 bridgehead atoms. The summed E-state index contributed by atoms with van der Waals surface area (Å²) >= 11 is 0. The van der Waals surface area contributed by atoms with Crippen molar-refractivity contribution in [2.45, 2.75) is 5.41 Å². The highest BCUT2D eigenvalue weighted by Crippen LogP contribution is 2.65. The Morgan fingerprint density at radius 1 is 0.258 bits per heavy atom. The molecule has 2 aliphatic carbocycles. The molecule has 1 heteroatoms. The number of fused-ring (bicyclic) bond motifs is 19. The molecule has 0 atom stereocenters. The minimum absolute atomic E-state index is 0.497. The number of para-hydroxylation sites is 1. The lowest BCUT2D eigenvalue weighted by Crippen LogP contribution is -2.26. The van der Waals surface area contributed by atoms with Crippen molar-refractivity contribution >= 4 is 65.0 Å². The van der Waals surface area contributed by atoms with E-state index in [1.807, 2.05) is 6.07 Å². The molecule has 0 fully saturated rings. The Hall–Kier alpha value is -8.52. The average molecular weight is 835 g/mol. The van der Waals surface area contributed by atoms with Crippen LogP contribution in [0.3, 0.4) is 0 Å². The average Bonchev–Trinajstić information content (AvgIpc) is 4.01. The molecule has 0 N–H and O–H groups in total. The Labute approximate surface area is 381 Å². The lowest BCUT2D eigenvalue weighted by molar-refractivity contribution is 0.669. The molecule has 1 heterocycles. The highest BCUT2D eigenvalue weighted by Gasteiger charge is 2.53. The molecule has 0 radical (unpaired) electrons. The van der Waals surface area contributed by atoms with Crippen molar-refractivity contribution in [3.8, 4) is 55.6 Å². The molecule has 0 unspecified atom stereocenters. The fourth-order valence-electron chi connectivity index (χ4n) is 12.5. The lowest BCUT2D eigenvalue weighted by Gasteiger charge is -2.32. The highest BCUT2D eigenvalue weighted by atomic mass is 16.3. The van der Waals surface area contributed by atoms with Gasteiger partial charge >= 0.3 is 0 Å². The summed E-state index contributed by atoms with van der Waals surface area (Å²) in [5, 5.41) is 12.3. The van der Waals surface area contributed by atoms with Gasteiger partial charge in [0.25, 0.3) is 0 Å². The molecule has 0 saturated carbocycles. The number of hydrogen-bond donors (Lipinski definition) is 0. The maximum absolute atomic E-state index is 6.29. The molecule has 66 heavy (non-hydrogen) atoms. The van der Waals surface area contributed by atoms with Gasteiger partial charge in [0.1, 0.15) is 11.2 Å². The van der Waals surface area contributed by atoms with Crippen LogP contribution >= 0.6 is 0 Å². The van der Waals surface area contributed by atoms with Crippen LogP contribution in [-0.2, 0) is 5.41 Å². The third kappa shape index (κ3) is 4.64. The molecular weight excluding hydrogens is 797 g/mol. The second-order valence-corrected chi connectivity index (χ2v) is 18.2. The first-order chi connectivity index (χ1) is 32.8. The van der Waals surface area contributed by atoms with E-state index in [2.05, 4.69) is 224 Å². The number of hydrogen-bond acceptors (Lipinski definition) is 1. The predicted molar refractivity (Wildman–Crippen MR) is 276 cm³/mol. The summed E-state index contributed by atoms with van der Waals surface area (Å²) in [4.78, 5) is 0. The van der Waals surface area contributed by atoms with Crippen LogP contribution in [0.5, 0.6) is 0 Å². The summed E-state index contributed by atoms with van der Waals surface area (Å²) in [6.45, 7) is 0. The Bertz CT molecular complexity index is 4140. The van der Waals surface area contributed by atoms with Crippen LogP contribution in [-0.4, -0.2) is 0 Å². The van der Waals surface area contributed by atoms with E-state index in [0.29, 0.717) is 0 Å². The Kier molecular flexibility index (Phi) is 7.21. The molecule has 0 amide bonds. The van der Waals surface area contributed by atoms with Gasteiger partial charge < -0.3 is 4.42 Å². The van der Waals surface area contributed by atoms with E-state index in [1.54, 1.807) is 0 Å². The van der Waals surface area contributed by atoms with Crippen molar-refractivity contribution in [3.05, 3.63) is 253 Å². The van der Waals surface area contributed by atoms with Gasteiger partial charge in [-0.1, -0.05) is 200 Å². The molecule has 0 aliphatic heterocycles. The van der Waals surface area contributed by atoms with E-state index in [0.717, 1.165) is 21.9 Å². The molecule has 12 aromatic carbocycles. The van der Waals surface area contributed by atoms with E-state index in [-0.39, 0.29) is 0 Å². The van der Waals surface area contributed by atoms with Crippen LogP contribution in [0.2, 0.25) is 0 Å². The zero-order valence-corrected chi connectivity index (χ0v) is 35.8. The third-order valence-electron chi connectivity index (χ3n) is 15.0. The highest BCUT2D eigenvalue weighted by molar-refractivity contribution is 6.23. The second-order valence-electron chi connectivity index (χ2n) is 18.2. The van der Waals surface area contributed by atoms with Gasteiger partial charge in [-0.05, 0) is 151 Å². The standard InChI is InChI=1S/C65H38O/c1-2-19-43-39(16-1)32-34-53-63-48-24-4-3-20-44(48)54(38-58(63)65(64(43)53)56-29-12-9-21-45(56)46-22-10-13-30-57(46)65)40-17-15-18-41(36-40)61-49-25-5-7-27-51(49)62(52-28-8-6-26-50(52)61)42-33-35-60-55(37-42)47-23-11-14-31-59(47)66-60/h1-38H. The van der Waals surface area contributed by atoms with Crippen molar-refractivity contribution in [3.63, 3.8) is 0 Å². The fraction of sp³-hybridized carbons (Fsp3) is 0.0154. The second kappa shape index (κ2) is 13.3. The molecule has 13 aromatic rings. The normalized spacial score (nSPS) is 13.3. The van der Waals surface area contributed by atoms with E-state index >= 15 is 0 Å². The molecular formula is C65H38O. The smallest absolute Gasteiger partial charge is 0.135 e. The van der Waals surface area contributed by atoms with Gasteiger partial charge in [-0.2, -0.15) is 0 Å². The van der Waals surface area contributed by atoms with Crippen LogP contribution in [0, 0.1) is 0 Å². The van der Waals surface area contributed by atoms with Crippen LogP contribution in [0.15, 0.2) is 235 Å². The molecule has 0 saturated heterocycles. The summed E-state index contributed by atoms with van der Waals surface area (Å²) in [6, 6.07) is 86.0. The zero-order valence-electron chi connectivity index (χ0n) is 35.8. The largest absolute Gasteiger partial charge is 0.456 e. The maximum Gasteiger partial charge on any atom is 0.135 e. The topological polar surface area (TPSA) is 13.1 Å². The molecule has 1 nitrogen and oxygen atoms in total. The number of furan rings is 1. The maximum atomic E-state index is 6.29. The predicted octanol–water partition coefficient (Wildman–Crippen LogP) is 17.5. The Morgan fingerprint density at radius 2 is 0.773 bits per heavy atom. The monoisotopic (exact) mass is 834 g/mol. The molecule has 2 aliphatic rings. The Morgan fingerprint density at radius 3 is 1.45 bits per heavy atom. The van der Waals surface area contributed by atoms with Crippen LogP contribution in [0.25, 0.3) is 121 Å². The summed E-state index contributed by atoms with van der Waals surface area (Å²) in [7, 11) is 0. The molecule has 1 spiro atoms. The zero-order chi connectivity index (χ0) is 43.1. The van der Waals surface area contributed by atoms with Crippen LogP contribution in [0.1, 0.15) is 22.3 Å². The van der Waals surface area contributed by atoms with Gasteiger partial charge in [0, 0.05) is 10.8 Å². The van der Waals surface area contributed by atoms with E-state index in [1.165, 1.54) is 121 Å². The molecule has 1 aromatic heterocycles. The summed E-state index contributed by atoms with van der Waals surface area (Å²) < 4.78 is 6.29. The van der Waals surface area contributed by atoms with Gasteiger partial charge in [-0.25, -0.2) is 0 Å². The first-order valence-electron chi connectivity index (χ1n) is 23.0. The molecule has 15 rings (SSSR count). The van der Waals surface area contributed by atoms with E-state index in [9.17, 15) is 0 Å². The molecule has 304 valence electrons. The number of benzene rings is 12. The van der Waals surface area contributed by atoms with Gasteiger partial charge in [-0.15, -0.1) is 0 Å². The van der Waals surface area contributed by atoms with Crippen molar-refractivity contribution in [1.29, 1.82) is 0 Å². The first-order valence-corrected chi connectivity index (χ1v) is 23.0. The Balaban J connectivity index is 0.998. The van der Waals surface area contributed by atoms with Gasteiger partial charge in [0.2, 0.25) is 0 Å².